The third kappa shape index (κ3) is 3.67. The van der Waals surface area contributed by atoms with Gasteiger partial charge >= 0.3 is 5.97 Å². The fourth-order valence-electron chi connectivity index (χ4n) is 2.29. The lowest BCUT2D eigenvalue weighted by Gasteiger charge is -2.12. The predicted octanol–water partition coefficient (Wildman–Crippen LogP) is 4.24. The normalized spacial score (nSPS) is 10.6. The van der Waals surface area contributed by atoms with Crippen molar-refractivity contribution in [3.05, 3.63) is 64.5 Å². The van der Waals surface area contributed by atoms with Crippen molar-refractivity contribution in [2.45, 2.75) is 13.5 Å². The topological polar surface area (TPSA) is 77.2 Å². The summed E-state index contributed by atoms with van der Waals surface area (Å²) >= 11 is 6.26. The molecule has 0 aliphatic carbocycles. The number of aryl methyl sites for hydroxylation is 1. The van der Waals surface area contributed by atoms with Crippen LogP contribution in [0.1, 0.15) is 21.8 Å². The maximum absolute atomic E-state index is 13.5. The molecule has 0 bridgehead atoms. The number of furan rings is 1. The molecule has 0 saturated heterocycles. The van der Waals surface area contributed by atoms with Gasteiger partial charge in [-0.1, -0.05) is 11.6 Å². The fraction of sp³-hybridized carbons (Fsp3) is 0.167. The van der Waals surface area contributed by atoms with Crippen LogP contribution in [-0.4, -0.2) is 23.0 Å². The summed E-state index contributed by atoms with van der Waals surface area (Å²) in [5.41, 5.74) is 0.903. The van der Waals surface area contributed by atoms with E-state index in [1.54, 1.807) is 31.4 Å². The van der Waals surface area contributed by atoms with Crippen molar-refractivity contribution in [1.29, 1.82) is 0 Å². The summed E-state index contributed by atoms with van der Waals surface area (Å²) in [5, 5.41) is 3.05. The van der Waals surface area contributed by atoms with E-state index >= 15 is 0 Å². The molecule has 1 N–H and O–H groups in total. The molecule has 0 amide bonds. The third-order valence-corrected chi connectivity index (χ3v) is 4.01. The standard InChI is InChI=1S/C18H15ClFN3O3/c1-10-8-11(5-6-13(10)20)16-22-15(18(24)25-2)14(19)17(23-16)21-9-12-4-3-7-26-12/h3-8H,9H2,1-2H3,(H,21,22,23). The summed E-state index contributed by atoms with van der Waals surface area (Å²) in [4.78, 5) is 20.6. The number of anilines is 1. The largest absolute Gasteiger partial charge is 0.467 e. The molecule has 3 aromatic rings. The fourth-order valence-corrected chi connectivity index (χ4v) is 2.52. The van der Waals surface area contributed by atoms with Crippen molar-refractivity contribution in [3.63, 3.8) is 0 Å². The number of methoxy groups -OCH3 is 1. The smallest absolute Gasteiger partial charge is 0.358 e. The minimum absolute atomic E-state index is 0.0333. The molecule has 3 rings (SSSR count). The van der Waals surface area contributed by atoms with Crippen LogP contribution in [0.3, 0.4) is 0 Å². The first kappa shape index (κ1) is 17.9. The molecule has 134 valence electrons. The number of ether oxygens (including phenoxy) is 1. The Labute approximate surface area is 154 Å². The highest BCUT2D eigenvalue weighted by molar-refractivity contribution is 6.35. The van der Waals surface area contributed by atoms with E-state index < -0.39 is 5.97 Å². The Kier molecular flexibility index (Phi) is 5.18. The van der Waals surface area contributed by atoms with E-state index in [0.29, 0.717) is 23.4 Å². The number of carbonyl (C=O) groups excluding carboxylic acids is 1. The number of halogens is 2. The highest BCUT2D eigenvalue weighted by Gasteiger charge is 2.20. The minimum Gasteiger partial charge on any atom is -0.467 e. The number of rotatable bonds is 5. The molecular formula is C18H15ClFN3O3. The molecular weight excluding hydrogens is 361 g/mol. The van der Waals surface area contributed by atoms with E-state index in [1.807, 2.05) is 0 Å². The van der Waals surface area contributed by atoms with Crippen LogP contribution in [0.2, 0.25) is 5.02 Å². The van der Waals surface area contributed by atoms with Gasteiger partial charge in [-0.3, -0.25) is 0 Å². The molecule has 0 radical (unpaired) electrons. The quantitative estimate of drug-likeness (QED) is 0.672. The van der Waals surface area contributed by atoms with Crippen molar-refractivity contribution in [2.24, 2.45) is 0 Å². The number of hydrogen-bond acceptors (Lipinski definition) is 6. The van der Waals surface area contributed by atoms with E-state index in [-0.39, 0.29) is 28.2 Å². The Hall–Kier alpha value is -2.93. The van der Waals surface area contributed by atoms with Gasteiger partial charge in [0.1, 0.15) is 22.4 Å². The van der Waals surface area contributed by atoms with Crippen LogP contribution in [0, 0.1) is 12.7 Å². The molecule has 2 heterocycles. The van der Waals surface area contributed by atoms with Crippen LogP contribution in [0.25, 0.3) is 11.4 Å². The summed E-state index contributed by atoms with van der Waals surface area (Å²) in [6.45, 7) is 1.94. The average molecular weight is 376 g/mol. The SMILES string of the molecule is COC(=O)c1nc(-c2ccc(F)c(C)c2)nc(NCc2ccco2)c1Cl. The number of aromatic nitrogens is 2. The van der Waals surface area contributed by atoms with E-state index in [4.69, 9.17) is 20.8 Å². The van der Waals surface area contributed by atoms with Crippen LogP contribution in [-0.2, 0) is 11.3 Å². The van der Waals surface area contributed by atoms with Crippen LogP contribution in [0.4, 0.5) is 10.2 Å². The van der Waals surface area contributed by atoms with Gasteiger partial charge in [0, 0.05) is 5.56 Å². The molecule has 2 aromatic heterocycles. The maximum Gasteiger partial charge on any atom is 0.358 e. The van der Waals surface area contributed by atoms with Gasteiger partial charge in [0.2, 0.25) is 0 Å². The third-order valence-electron chi connectivity index (χ3n) is 3.66. The monoisotopic (exact) mass is 375 g/mol. The molecule has 0 atom stereocenters. The number of nitrogens with one attached hydrogen (secondary N) is 1. The first-order valence-electron chi connectivity index (χ1n) is 7.68. The molecule has 0 unspecified atom stereocenters. The zero-order valence-electron chi connectivity index (χ0n) is 14.0. The molecule has 0 aliphatic rings. The molecule has 6 nitrogen and oxygen atoms in total. The molecule has 0 aliphatic heterocycles. The molecule has 0 saturated carbocycles. The zero-order valence-corrected chi connectivity index (χ0v) is 14.8. The number of nitrogens with zero attached hydrogens (tertiary/aromatic N) is 2. The van der Waals surface area contributed by atoms with Crippen LogP contribution < -0.4 is 5.32 Å². The van der Waals surface area contributed by atoms with E-state index in [9.17, 15) is 9.18 Å². The summed E-state index contributed by atoms with van der Waals surface area (Å²) in [6, 6.07) is 7.98. The number of hydrogen-bond donors (Lipinski definition) is 1. The van der Waals surface area contributed by atoms with Crippen molar-refractivity contribution in [1.82, 2.24) is 9.97 Å². The first-order chi connectivity index (χ1) is 12.5. The Balaban J connectivity index is 2.04. The van der Waals surface area contributed by atoms with Gasteiger partial charge in [0.05, 0.1) is 19.9 Å². The van der Waals surface area contributed by atoms with Crippen LogP contribution >= 0.6 is 11.6 Å². The van der Waals surface area contributed by atoms with Gasteiger partial charge in [0.25, 0.3) is 0 Å². The number of esters is 1. The van der Waals surface area contributed by atoms with Gasteiger partial charge in [-0.25, -0.2) is 19.2 Å². The maximum atomic E-state index is 13.5. The molecule has 0 spiro atoms. The second-order valence-electron chi connectivity index (χ2n) is 5.45. The molecule has 8 heteroatoms. The summed E-state index contributed by atoms with van der Waals surface area (Å²) < 4.78 is 23.5. The highest BCUT2D eigenvalue weighted by atomic mass is 35.5. The molecule has 0 fully saturated rings. The lowest BCUT2D eigenvalue weighted by molar-refractivity contribution is 0.0594. The Morgan fingerprint density at radius 3 is 2.81 bits per heavy atom. The van der Waals surface area contributed by atoms with Crippen molar-refractivity contribution < 1.29 is 18.3 Å². The average Bonchev–Trinajstić information content (AvgIpc) is 3.16. The van der Waals surface area contributed by atoms with Crippen molar-refractivity contribution >= 4 is 23.4 Å². The van der Waals surface area contributed by atoms with Gasteiger partial charge in [-0.2, -0.15) is 0 Å². The number of benzene rings is 1. The van der Waals surface area contributed by atoms with E-state index in [2.05, 4.69) is 15.3 Å². The summed E-state index contributed by atoms with van der Waals surface area (Å²) in [6.07, 6.45) is 1.55. The van der Waals surface area contributed by atoms with Crippen LogP contribution in [0.5, 0.6) is 0 Å². The van der Waals surface area contributed by atoms with E-state index in [1.165, 1.54) is 19.2 Å². The summed E-state index contributed by atoms with van der Waals surface area (Å²) in [7, 11) is 1.23. The van der Waals surface area contributed by atoms with Gasteiger partial charge < -0.3 is 14.5 Å². The zero-order chi connectivity index (χ0) is 18.7. The lowest BCUT2D eigenvalue weighted by atomic mass is 10.1. The van der Waals surface area contributed by atoms with Gasteiger partial charge in [0.15, 0.2) is 11.5 Å². The summed E-state index contributed by atoms with van der Waals surface area (Å²) in [5.74, 6) is 0.0966. The number of carbonyl (C=O) groups is 1. The lowest BCUT2D eigenvalue weighted by Crippen LogP contribution is -2.11. The Bertz CT molecular complexity index is 945. The second kappa shape index (κ2) is 7.53. The Morgan fingerprint density at radius 1 is 1.35 bits per heavy atom. The van der Waals surface area contributed by atoms with Crippen molar-refractivity contribution in [2.75, 3.05) is 12.4 Å². The Morgan fingerprint density at radius 2 is 2.15 bits per heavy atom. The van der Waals surface area contributed by atoms with E-state index in [0.717, 1.165) is 0 Å². The predicted molar refractivity (Wildman–Crippen MR) is 94.5 cm³/mol. The van der Waals surface area contributed by atoms with Gasteiger partial charge in [-0.15, -0.1) is 0 Å². The van der Waals surface area contributed by atoms with Crippen LogP contribution in [0.15, 0.2) is 41.0 Å². The second-order valence-corrected chi connectivity index (χ2v) is 5.82. The highest BCUT2D eigenvalue weighted by Crippen LogP contribution is 2.28. The van der Waals surface area contributed by atoms with Gasteiger partial charge in [-0.05, 0) is 42.8 Å². The molecule has 26 heavy (non-hydrogen) atoms. The minimum atomic E-state index is -0.696. The van der Waals surface area contributed by atoms with Crippen molar-refractivity contribution in [3.8, 4) is 11.4 Å². The first-order valence-corrected chi connectivity index (χ1v) is 8.06. The molecule has 1 aromatic carbocycles.